The molecule has 0 aromatic rings. The predicted molar refractivity (Wildman–Crippen MR) is 44.8 cm³/mol. The zero-order valence-corrected chi connectivity index (χ0v) is 7.58. The first-order chi connectivity index (χ1) is 5.45. The standard InChI is InChI=1S/C9H16O3/c1-9(2)5-3-4-6(10)7(9)8(11)12/h6-7,10H,3-5H2,1-2H3,(H,11,12). The van der Waals surface area contributed by atoms with Crippen LogP contribution in [0.25, 0.3) is 0 Å². The Labute approximate surface area is 72.4 Å². The molecule has 0 spiro atoms. The molecule has 1 aliphatic rings. The summed E-state index contributed by atoms with van der Waals surface area (Å²) in [5.41, 5.74) is -0.260. The maximum absolute atomic E-state index is 10.8. The van der Waals surface area contributed by atoms with Crippen molar-refractivity contribution in [2.24, 2.45) is 11.3 Å². The minimum atomic E-state index is -0.868. The number of rotatable bonds is 1. The Morgan fingerprint density at radius 3 is 2.42 bits per heavy atom. The molecule has 1 saturated carbocycles. The summed E-state index contributed by atoms with van der Waals surface area (Å²) in [6.07, 6.45) is 1.78. The maximum atomic E-state index is 10.8. The molecule has 0 aliphatic heterocycles. The van der Waals surface area contributed by atoms with Gasteiger partial charge in [0.2, 0.25) is 0 Å². The third kappa shape index (κ3) is 1.61. The number of aliphatic hydroxyl groups excluding tert-OH is 1. The fourth-order valence-electron chi connectivity index (χ4n) is 2.11. The van der Waals surface area contributed by atoms with Crippen LogP contribution in [-0.2, 0) is 4.79 Å². The van der Waals surface area contributed by atoms with Gasteiger partial charge >= 0.3 is 5.97 Å². The molecule has 2 unspecified atom stereocenters. The van der Waals surface area contributed by atoms with Crippen LogP contribution in [0.2, 0.25) is 0 Å². The molecule has 70 valence electrons. The van der Waals surface area contributed by atoms with Gasteiger partial charge in [-0.25, -0.2) is 0 Å². The Morgan fingerprint density at radius 2 is 2.08 bits per heavy atom. The molecule has 0 bridgehead atoms. The van der Waals surface area contributed by atoms with Crippen LogP contribution in [0.1, 0.15) is 33.1 Å². The molecule has 2 N–H and O–H groups in total. The molecule has 3 heteroatoms. The van der Waals surface area contributed by atoms with Gasteiger partial charge in [-0.15, -0.1) is 0 Å². The summed E-state index contributed by atoms with van der Waals surface area (Å²) in [5.74, 6) is -1.46. The lowest BCUT2D eigenvalue weighted by Gasteiger charge is -2.38. The van der Waals surface area contributed by atoms with Crippen LogP contribution in [-0.4, -0.2) is 22.3 Å². The van der Waals surface area contributed by atoms with Crippen molar-refractivity contribution >= 4 is 5.97 Å². The Balaban J connectivity index is 2.81. The normalized spacial score (nSPS) is 34.6. The van der Waals surface area contributed by atoms with Crippen LogP contribution in [0.4, 0.5) is 0 Å². The van der Waals surface area contributed by atoms with Gasteiger partial charge in [0.1, 0.15) is 0 Å². The minimum Gasteiger partial charge on any atom is -0.481 e. The summed E-state index contributed by atoms with van der Waals surface area (Å²) in [7, 11) is 0. The zero-order valence-electron chi connectivity index (χ0n) is 7.58. The van der Waals surface area contributed by atoms with Crippen LogP contribution in [0.5, 0.6) is 0 Å². The first-order valence-corrected chi connectivity index (χ1v) is 4.36. The van der Waals surface area contributed by atoms with Crippen LogP contribution in [0.15, 0.2) is 0 Å². The van der Waals surface area contributed by atoms with Crippen LogP contribution in [0, 0.1) is 11.3 Å². The summed E-state index contributed by atoms with van der Waals surface area (Å²) < 4.78 is 0. The highest BCUT2D eigenvalue weighted by molar-refractivity contribution is 5.71. The third-order valence-corrected chi connectivity index (χ3v) is 2.81. The molecule has 1 rings (SSSR count). The molecule has 1 aliphatic carbocycles. The number of carboxylic acid groups (broad SMARTS) is 1. The van der Waals surface area contributed by atoms with E-state index >= 15 is 0 Å². The lowest BCUT2D eigenvalue weighted by atomic mass is 9.67. The van der Waals surface area contributed by atoms with Crippen LogP contribution in [0.3, 0.4) is 0 Å². The van der Waals surface area contributed by atoms with Crippen molar-refractivity contribution in [3.05, 3.63) is 0 Å². The van der Waals surface area contributed by atoms with E-state index in [4.69, 9.17) is 5.11 Å². The van der Waals surface area contributed by atoms with Gasteiger partial charge in [0.05, 0.1) is 12.0 Å². The number of hydrogen-bond acceptors (Lipinski definition) is 2. The fraction of sp³-hybridized carbons (Fsp3) is 0.889. The highest BCUT2D eigenvalue weighted by Gasteiger charge is 2.42. The molecular weight excluding hydrogens is 156 g/mol. The molecule has 3 nitrogen and oxygen atoms in total. The van der Waals surface area contributed by atoms with Crippen molar-refractivity contribution in [3.63, 3.8) is 0 Å². The average Bonchev–Trinajstić information content (AvgIpc) is 1.82. The largest absolute Gasteiger partial charge is 0.481 e. The van der Waals surface area contributed by atoms with E-state index in [-0.39, 0.29) is 5.41 Å². The van der Waals surface area contributed by atoms with E-state index in [1.807, 2.05) is 13.8 Å². The van der Waals surface area contributed by atoms with E-state index in [9.17, 15) is 9.90 Å². The van der Waals surface area contributed by atoms with Crippen molar-refractivity contribution < 1.29 is 15.0 Å². The van der Waals surface area contributed by atoms with E-state index < -0.39 is 18.0 Å². The molecular formula is C9H16O3. The molecule has 0 heterocycles. The van der Waals surface area contributed by atoms with Gasteiger partial charge in [-0.2, -0.15) is 0 Å². The Hall–Kier alpha value is -0.570. The second kappa shape index (κ2) is 3.05. The topological polar surface area (TPSA) is 57.5 Å². The average molecular weight is 172 g/mol. The first kappa shape index (κ1) is 9.52. The van der Waals surface area contributed by atoms with Gasteiger partial charge in [-0.3, -0.25) is 4.79 Å². The molecule has 0 aromatic carbocycles. The smallest absolute Gasteiger partial charge is 0.309 e. The summed E-state index contributed by atoms with van der Waals surface area (Å²) in [5, 5.41) is 18.4. The van der Waals surface area contributed by atoms with Crippen molar-refractivity contribution in [1.82, 2.24) is 0 Å². The van der Waals surface area contributed by atoms with E-state index in [0.29, 0.717) is 6.42 Å². The molecule has 12 heavy (non-hydrogen) atoms. The maximum Gasteiger partial charge on any atom is 0.309 e. The van der Waals surface area contributed by atoms with Crippen molar-refractivity contribution in [1.29, 1.82) is 0 Å². The van der Waals surface area contributed by atoms with E-state index in [2.05, 4.69) is 0 Å². The molecule has 0 saturated heterocycles. The third-order valence-electron chi connectivity index (χ3n) is 2.81. The van der Waals surface area contributed by atoms with Crippen molar-refractivity contribution in [3.8, 4) is 0 Å². The molecule has 0 amide bonds. The van der Waals surface area contributed by atoms with Gasteiger partial charge in [0.15, 0.2) is 0 Å². The molecule has 0 aromatic heterocycles. The van der Waals surface area contributed by atoms with E-state index in [1.54, 1.807) is 0 Å². The second-order valence-corrected chi connectivity index (χ2v) is 4.26. The lowest BCUT2D eigenvalue weighted by Crippen LogP contribution is -2.43. The van der Waals surface area contributed by atoms with Crippen molar-refractivity contribution in [2.45, 2.75) is 39.2 Å². The van der Waals surface area contributed by atoms with Gasteiger partial charge < -0.3 is 10.2 Å². The number of carboxylic acids is 1. The predicted octanol–water partition coefficient (Wildman–Crippen LogP) is 1.26. The van der Waals surface area contributed by atoms with Gasteiger partial charge in [-0.1, -0.05) is 20.3 Å². The number of hydrogen-bond donors (Lipinski definition) is 2. The Morgan fingerprint density at radius 1 is 1.50 bits per heavy atom. The van der Waals surface area contributed by atoms with Crippen LogP contribution < -0.4 is 0 Å². The van der Waals surface area contributed by atoms with Crippen molar-refractivity contribution in [2.75, 3.05) is 0 Å². The molecule has 2 atom stereocenters. The summed E-state index contributed by atoms with van der Waals surface area (Å²) in [6, 6.07) is 0. The molecule has 0 radical (unpaired) electrons. The highest BCUT2D eigenvalue weighted by atomic mass is 16.4. The van der Waals surface area contributed by atoms with E-state index in [0.717, 1.165) is 12.8 Å². The summed E-state index contributed by atoms with van der Waals surface area (Å²) in [4.78, 5) is 10.8. The monoisotopic (exact) mass is 172 g/mol. The number of aliphatic hydroxyl groups is 1. The van der Waals surface area contributed by atoms with Gasteiger partial charge in [-0.05, 0) is 18.3 Å². The van der Waals surface area contributed by atoms with Crippen LogP contribution >= 0.6 is 0 Å². The minimum absolute atomic E-state index is 0.260. The summed E-state index contributed by atoms with van der Waals surface area (Å²) >= 11 is 0. The Kier molecular flexibility index (Phi) is 2.42. The first-order valence-electron chi connectivity index (χ1n) is 4.36. The lowest BCUT2D eigenvalue weighted by molar-refractivity contribution is -0.154. The quantitative estimate of drug-likeness (QED) is 0.626. The van der Waals surface area contributed by atoms with Gasteiger partial charge in [0, 0.05) is 0 Å². The SMILES string of the molecule is CC1(C)CCCC(O)C1C(=O)O. The zero-order chi connectivity index (χ0) is 9.35. The number of aliphatic carboxylic acids is 1. The van der Waals surface area contributed by atoms with E-state index in [1.165, 1.54) is 0 Å². The fourth-order valence-corrected chi connectivity index (χ4v) is 2.11. The summed E-state index contributed by atoms with van der Waals surface area (Å²) in [6.45, 7) is 3.82. The second-order valence-electron chi connectivity index (χ2n) is 4.26. The molecule has 1 fully saturated rings. The van der Waals surface area contributed by atoms with Gasteiger partial charge in [0.25, 0.3) is 0 Å². The number of carbonyl (C=O) groups is 1. The highest BCUT2D eigenvalue weighted by Crippen LogP contribution is 2.40. The Bertz CT molecular complexity index is 186.